The standard InChI is InChI=1S/C13H15N3O3S/c1-16(2)20(17,18)13-7-5-11(6-8-13)15-14-10-12-4-3-9-19-12/h3-10,15H,1-2H3/b14-10-. The molecule has 0 atom stereocenters. The molecule has 0 saturated heterocycles. The maximum atomic E-state index is 11.9. The van der Waals surface area contributed by atoms with E-state index in [1.807, 2.05) is 0 Å². The van der Waals surface area contributed by atoms with E-state index < -0.39 is 10.0 Å². The Hall–Kier alpha value is -2.12. The second-order valence-electron chi connectivity index (χ2n) is 4.20. The van der Waals surface area contributed by atoms with E-state index in [1.54, 1.807) is 30.5 Å². The predicted molar refractivity (Wildman–Crippen MR) is 77.2 cm³/mol. The lowest BCUT2D eigenvalue weighted by molar-refractivity contribution is 0.521. The lowest BCUT2D eigenvalue weighted by Crippen LogP contribution is -2.22. The summed E-state index contributed by atoms with van der Waals surface area (Å²) in [4.78, 5) is 0.239. The Balaban J connectivity index is 2.06. The summed E-state index contributed by atoms with van der Waals surface area (Å²) in [7, 11) is -0.407. The van der Waals surface area contributed by atoms with Crippen LogP contribution in [0.5, 0.6) is 0 Å². The van der Waals surface area contributed by atoms with Gasteiger partial charge in [-0.05, 0) is 36.4 Å². The highest BCUT2D eigenvalue weighted by atomic mass is 32.2. The summed E-state index contributed by atoms with van der Waals surface area (Å²) >= 11 is 0. The maximum absolute atomic E-state index is 11.9. The lowest BCUT2D eigenvalue weighted by Gasteiger charge is -2.11. The summed E-state index contributed by atoms with van der Waals surface area (Å²) in [5.74, 6) is 0.629. The number of nitrogens with one attached hydrogen (secondary N) is 1. The Morgan fingerprint density at radius 1 is 1.20 bits per heavy atom. The molecule has 0 aliphatic rings. The van der Waals surface area contributed by atoms with E-state index in [0.29, 0.717) is 11.4 Å². The summed E-state index contributed by atoms with van der Waals surface area (Å²) < 4.78 is 30.0. The molecule has 0 bridgehead atoms. The minimum atomic E-state index is -3.40. The number of nitrogens with zero attached hydrogens (tertiary/aromatic N) is 2. The zero-order valence-electron chi connectivity index (χ0n) is 11.1. The first kappa shape index (κ1) is 14.3. The van der Waals surface area contributed by atoms with E-state index in [9.17, 15) is 8.42 Å². The molecule has 0 aliphatic carbocycles. The van der Waals surface area contributed by atoms with Crippen LogP contribution in [-0.2, 0) is 10.0 Å². The third-order valence-corrected chi connectivity index (χ3v) is 4.39. The van der Waals surface area contributed by atoms with Crippen LogP contribution in [-0.4, -0.2) is 33.0 Å². The first-order valence-corrected chi connectivity index (χ1v) is 7.29. The SMILES string of the molecule is CN(C)S(=O)(=O)c1ccc(N/N=C\c2ccco2)cc1. The summed E-state index contributed by atoms with van der Waals surface area (Å²) in [6, 6.07) is 9.89. The first-order chi connectivity index (χ1) is 9.50. The van der Waals surface area contributed by atoms with Crippen LogP contribution in [0.1, 0.15) is 5.76 Å². The molecule has 1 aromatic carbocycles. The predicted octanol–water partition coefficient (Wildman–Crippen LogP) is 1.98. The van der Waals surface area contributed by atoms with E-state index in [4.69, 9.17) is 4.42 Å². The molecule has 0 spiro atoms. The Labute approximate surface area is 117 Å². The molecule has 1 aromatic heterocycles. The molecule has 1 heterocycles. The van der Waals surface area contributed by atoms with E-state index in [1.165, 1.54) is 36.7 Å². The molecule has 0 aliphatic heterocycles. The number of anilines is 1. The Bertz CT molecular complexity index is 674. The van der Waals surface area contributed by atoms with Crippen LogP contribution in [0.25, 0.3) is 0 Å². The van der Waals surface area contributed by atoms with Gasteiger partial charge in [-0.2, -0.15) is 5.10 Å². The molecule has 2 rings (SSSR count). The van der Waals surface area contributed by atoms with Gasteiger partial charge in [0.05, 0.1) is 23.1 Å². The summed E-state index contributed by atoms with van der Waals surface area (Å²) in [6.45, 7) is 0. The third kappa shape index (κ3) is 3.25. The minimum Gasteiger partial charge on any atom is -0.463 e. The van der Waals surface area contributed by atoms with Gasteiger partial charge >= 0.3 is 0 Å². The van der Waals surface area contributed by atoms with Gasteiger partial charge < -0.3 is 4.42 Å². The van der Waals surface area contributed by atoms with Crippen LogP contribution in [0.3, 0.4) is 0 Å². The fourth-order valence-corrected chi connectivity index (χ4v) is 2.35. The monoisotopic (exact) mass is 293 g/mol. The lowest BCUT2D eigenvalue weighted by atomic mass is 10.3. The van der Waals surface area contributed by atoms with Gasteiger partial charge in [-0.25, -0.2) is 12.7 Å². The Morgan fingerprint density at radius 3 is 2.45 bits per heavy atom. The van der Waals surface area contributed by atoms with Gasteiger partial charge in [0.1, 0.15) is 5.76 Å². The molecule has 0 fully saturated rings. The highest BCUT2D eigenvalue weighted by molar-refractivity contribution is 7.89. The van der Waals surface area contributed by atoms with Crippen molar-refractivity contribution < 1.29 is 12.8 Å². The van der Waals surface area contributed by atoms with E-state index in [2.05, 4.69) is 10.5 Å². The van der Waals surface area contributed by atoms with Gasteiger partial charge in [-0.3, -0.25) is 5.43 Å². The van der Waals surface area contributed by atoms with Crippen molar-refractivity contribution in [2.24, 2.45) is 5.10 Å². The number of sulfonamides is 1. The fourth-order valence-electron chi connectivity index (χ4n) is 1.45. The van der Waals surface area contributed by atoms with E-state index >= 15 is 0 Å². The van der Waals surface area contributed by atoms with Crippen molar-refractivity contribution in [2.45, 2.75) is 4.90 Å². The largest absolute Gasteiger partial charge is 0.463 e. The fraction of sp³-hybridized carbons (Fsp3) is 0.154. The summed E-state index contributed by atoms with van der Waals surface area (Å²) in [5, 5.41) is 3.98. The molecular weight excluding hydrogens is 278 g/mol. The van der Waals surface area contributed by atoms with Crippen LogP contribution >= 0.6 is 0 Å². The minimum absolute atomic E-state index is 0.239. The van der Waals surface area contributed by atoms with Crippen LogP contribution in [0, 0.1) is 0 Å². The molecule has 0 radical (unpaired) electrons. The van der Waals surface area contributed by atoms with Crippen molar-refractivity contribution in [1.82, 2.24) is 4.31 Å². The molecule has 6 nitrogen and oxygen atoms in total. The number of furan rings is 1. The van der Waals surface area contributed by atoms with Gasteiger partial charge in [0, 0.05) is 14.1 Å². The van der Waals surface area contributed by atoms with Gasteiger partial charge in [0.25, 0.3) is 0 Å². The molecule has 2 aromatic rings. The van der Waals surface area contributed by atoms with Crippen LogP contribution in [0.15, 0.2) is 57.1 Å². The van der Waals surface area contributed by atoms with Crippen molar-refractivity contribution in [1.29, 1.82) is 0 Å². The highest BCUT2D eigenvalue weighted by Gasteiger charge is 2.16. The zero-order chi connectivity index (χ0) is 14.6. The van der Waals surface area contributed by atoms with Gasteiger partial charge in [-0.1, -0.05) is 0 Å². The van der Waals surface area contributed by atoms with Gasteiger partial charge in [0.15, 0.2) is 0 Å². The molecule has 0 unspecified atom stereocenters. The van der Waals surface area contributed by atoms with E-state index in [0.717, 1.165) is 0 Å². The molecule has 0 saturated carbocycles. The molecule has 0 amide bonds. The highest BCUT2D eigenvalue weighted by Crippen LogP contribution is 2.16. The topological polar surface area (TPSA) is 74.9 Å². The van der Waals surface area contributed by atoms with Crippen LogP contribution in [0.2, 0.25) is 0 Å². The van der Waals surface area contributed by atoms with Gasteiger partial charge in [-0.15, -0.1) is 0 Å². The van der Waals surface area contributed by atoms with Crippen molar-refractivity contribution in [3.05, 3.63) is 48.4 Å². The van der Waals surface area contributed by atoms with Crippen molar-refractivity contribution in [2.75, 3.05) is 19.5 Å². The van der Waals surface area contributed by atoms with Gasteiger partial charge in [0.2, 0.25) is 10.0 Å². The van der Waals surface area contributed by atoms with Crippen molar-refractivity contribution >= 4 is 21.9 Å². The normalized spacial score (nSPS) is 12.2. The second kappa shape index (κ2) is 5.89. The molecule has 1 N–H and O–H groups in total. The smallest absolute Gasteiger partial charge is 0.242 e. The molecular formula is C13H15N3O3S. The number of hydrogen-bond donors (Lipinski definition) is 1. The van der Waals surface area contributed by atoms with Crippen LogP contribution in [0.4, 0.5) is 5.69 Å². The molecule has 20 heavy (non-hydrogen) atoms. The maximum Gasteiger partial charge on any atom is 0.242 e. The van der Waals surface area contributed by atoms with Crippen LogP contribution < -0.4 is 5.43 Å². The average molecular weight is 293 g/mol. The number of hydrogen-bond acceptors (Lipinski definition) is 5. The van der Waals surface area contributed by atoms with Crippen molar-refractivity contribution in [3.63, 3.8) is 0 Å². The van der Waals surface area contributed by atoms with E-state index in [-0.39, 0.29) is 4.90 Å². The quantitative estimate of drug-likeness (QED) is 0.675. The molecule has 7 heteroatoms. The number of benzene rings is 1. The first-order valence-electron chi connectivity index (χ1n) is 5.85. The number of rotatable bonds is 5. The second-order valence-corrected chi connectivity index (χ2v) is 6.35. The summed E-state index contributed by atoms with van der Waals surface area (Å²) in [5.41, 5.74) is 3.48. The Morgan fingerprint density at radius 2 is 1.90 bits per heavy atom. The Kier molecular flexibility index (Phi) is 4.21. The number of hydrazone groups is 1. The summed E-state index contributed by atoms with van der Waals surface area (Å²) in [6.07, 6.45) is 3.09. The van der Waals surface area contributed by atoms with Crippen molar-refractivity contribution in [3.8, 4) is 0 Å². The zero-order valence-corrected chi connectivity index (χ0v) is 12.0. The third-order valence-electron chi connectivity index (χ3n) is 2.56. The average Bonchev–Trinajstić information content (AvgIpc) is 2.92. The molecule has 106 valence electrons.